The van der Waals surface area contributed by atoms with Gasteiger partial charge in [-0.1, -0.05) is 13.8 Å². The highest BCUT2D eigenvalue weighted by molar-refractivity contribution is 5.89. The lowest BCUT2D eigenvalue weighted by Crippen LogP contribution is -2.37. The molecule has 128 valence electrons. The Kier molecular flexibility index (Phi) is 5.76. The molecule has 0 aromatic heterocycles. The summed E-state index contributed by atoms with van der Waals surface area (Å²) in [4.78, 5) is 11.9. The fourth-order valence-corrected chi connectivity index (χ4v) is 2.84. The summed E-state index contributed by atoms with van der Waals surface area (Å²) in [7, 11) is 1.18. The number of hydrogen-bond donors (Lipinski definition) is 2. The van der Waals surface area contributed by atoms with Crippen LogP contribution in [-0.2, 0) is 4.74 Å². The third-order valence-electron chi connectivity index (χ3n) is 3.91. The van der Waals surface area contributed by atoms with Gasteiger partial charge >= 0.3 is 6.03 Å². The quantitative estimate of drug-likeness (QED) is 0.873. The number of ether oxygens (including phenoxy) is 2. The Morgan fingerprint density at radius 2 is 2.04 bits per heavy atom. The Morgan fingerprint density at radius 1 is 1.39 bits per heavy atom. The van der Waals surface area contributed by atoms with Gasteiger partial charge in [-0.15, -0.1) is 0 Å². The Hall–Kier alpha value is -1.89. The Morgan fingerprint density at radius 3 is 2.61 bits per heavy atom. The molecule has 1 aliphatic heterocycles. The Balaban J connectivity index is 1.90. The van der Waals surface area contributed by atoms with Crippen LogP contribution < -0.4 is 15.4 Å². The highest BCUT2D eigenvalue weighted by Gasteiger charge is 2.30. The average molecular weight is 328 g/mol. The molecule has 2 amide bonds. The van der Waals surface area contributed by atoms with Gasteiger partial charge in [-0.05, 0) is 12.3 Å². The molecule has 23 heavy (non-hydrogen) atoms. The van der Waals surface area contributed by atoms with Gasteiger partial charge in [0, 0.05) is 36.9 Å². The summed E-state index contributed by atoms with van der Waals surface area (Å²) in [5, 5.41) is 5.14. The number of amides is 2. The van der Waals surface area contributed by atoms with Crippen LogP contribution in [0.3, 0.4) is 0 Å². The minimum atomic E-state index is -0.869. The van der Waals surface area contributed by atoms with E-state index in [0.717, 1.165) is 18.6 Å². The van der Waals surface area contributed by atoms with E-state index in [1.54, 1.807) is 0 Å². The van der Waals surface area contributed by atoms with Crippen LogP contribution in [-0.4, -0.2) is 32.4 Å². The number of methoxy groups -OCH3 is 1. The summed E-state index contributed by atoms with van der Waals surface area (Å²) in [5.74, 6) is -1.60. The van der Waals surface area contributed by atoms with Crippen LogP contribution in [0.15, 0.2) is 12.1 Å². The molecule has 1 aromatic rings. The van der Waals surface area contributed by atoms with Crippen molar-refractivity contribution >= 4 is 11.7 Å². The van der Waals surface area contributed by atoms with Crippen molar-refractivity contribution in [2.75, 3.05) is 25.6 Å². The van der Waals surface area contributed by atoms with Crippen molar-refractivity contribution in [1.82, 2.24) is 5.32 Å². The third-order valence-corrected chi connectivity index (χ3v) is 3.91. The molecule has 0 bridgehead atoms. The normalized spacial score (nSPS) is 20.6. The first-order valence-electron chi connectivity index (χ1n) is 7.61. The topological polar surface area (TPSA) is 59.6 Å². The summed E-state index contributed by atoms with van der Waals surface area (Å²) < 4.78 is 37.4. The molecular formula is C16H22F2N2O3. The van der Waals surface area contributed by atoms with Gasteiger partial charge in [0.15, 0.2) is 17.4 Å². The van der Waals surface area contributed by atoms with Crippen LogP contribution in [0.25, 0.3) is 0 Å². The molecule has 0 radical (unpaired) electrons. The molecule has 1 fully saturated rings. The van der Waals surface area contributed by atoms with Crippen molar-refractivity contribution in [1.29, 1.82) is 0 Å². The number of urea groups is 1. The van der Waals surface area contributed by atoms with Crippen molar-refractivity contribution in [2.24, 2.45) is 11.8 Å². The van der Waals surface area contributed by atoms with E-state index >= 15 is 0 Å². The van der Waals surface area contributed by atoms with Crippen LogP contribution in [0.1, 0.15) is 20.3 Å². The lowest BCUT2D eigenvalue weighted by atomic mass is 9.93. The van der Waals surface area contributed by atoms with Crippen molar-refractivity contribution in [3.63, 3.8) is 0 Å². The molecule has 0 spiro atoms. The van der Waals surface area contributed by atoms with Crippen molar-refractivity contribution in [3.05, 3.63) is 23.8 Å². The molecule has 7 heteroatoms. The van der Waals surface area contributed by atoms with E-state index in [0.29, 0.717) is 19.1 Å². The minimum absolute atomic E-state index is 0.0291. The predicted molar refractivity (Wildman–Crippen MR) is 82.6 cm³/mol. The van der Waals surface area contributed by atoms with E-state index in [9.17, 15) is 13.6 Å². The highest BCUT2D eigenvalue weighted by Crippen LogP contribution is 2.27. The van der Waals surface area contributed by atoms with Crippen LogP contribution in [0.2, 0.25) is 0 Å². The number of hydrogen-bond acceptors (Lipinski definition) is 3. The zero-order chi connectivity index (χ0) is 17.0. The largest absolute Gasteiger partial charge is 0.491 e. The maximum Gasteiger partial charge on any atom is 0.319 e. The lowest BCUT2D eigenvalue weighted by molar-refractivity contribution is 0.0546. The summed E-state index contributed by atoms with van der Waals surface area (Å²) in [6, 6.07) is 1.51. The first-order chi connectivity index (χ1) is 10.9. The van der Waals surface area contributed by atoms with E-state index in [1.165, 1.54) is 7.11 Å². The molecule has 0 saturated carbocycles. The van der Waals surface area contributed by atoms with Gasteiger partial charge in [-0.25, -0.2) is 13.6 Å². The molecule has 1 aromatic carbocycles. The van der Waals surface area contributed by atoms with Gasteiger partial charge < -0.3 is 20.1 Å². The second kappa shape index (κ2) is 7.59. The second-order valence-corrected chi connectivity index (χ2v) is 5.94. The van der Waals surface area contributed by atoms with Gasteiger partial charge in [0.1, 0.15) is 0 Å². The second-order valence-electron chi connectivity index (χ2n) is 5.94. The van der Waals surface area contributed by atoms with Crippen LogP contribution in [0.5, 0.6) is 5.75 Å². The molecule has 2 rings (SSSR count). The van der Waals surface area contributed by atoms with E-state index in [-0.39, 0.29) is 17.7 Å². The fraction of sp³-hybridized carbons (Fsp3) is 0.562. The summed E-state index contributed by atoms with van der Waals surface area (Å²) in [6.45, 7) is 5.29. The molecular weight excluding hydrogens is 306 g/mol. The molecule has 2 N–H and O–H groups in total. The predicted octanol–water partition coefficient (Wildman–Crippen LogP) is 3.16. The Bertz CT molecular complexity index is 543. The van der Waals surface area contributed by atoms with Gasteiger partial charge in [-0.2, -0.15) is 0 Å². The van der Waals surface area contributed by atoms with Crippen LogP contribution in [0, 0.1) is 23.5 Å². The van der Waals surface area contributed by atoms with E-state index < -0.39 is 23.4 Å². The number of carbonyl (C=O) groups is 1. The van der Waals surface area contributed by atoms with Gasteiger partial charge in [0.2, 0.25) is 0 Å². The molecule has 0 aliphatic carbocycles. The van der Waals surface area contributed by atoms with Crippen molar-refractivity contribution in [3.8, 4) is 5.75 Å². The monoisotopic (exact) mass is 328 g/mol. The van der Waals surface area contributed by atoms with Gasteiger partial charge in [-0.3, -0.25) is 0 Å². The number of nitrogens with one attached hydrogen (secondary N) is 2. The molecule has 2 atom stereocenters. The van der Waals surface area contributed by atoms with Gasteiger partial charge in [0.25, 0.3) is 0 Å². The van der Waals surface area contributed by atoms with Crippen molar-refractivity contribution in [2.45, 2.75) is 26.4 Å². The summed E-state index contributed by atoms with van der Waals surface area (Å²) in [6.07, 6.45) is 1.00. The standard InChI is InChI=1S/C16H22F2N2O3/c1-9(2)14-10(4-5-23-14)8-19-16(21)20-11-6-12(17)15(22-3)13(18)7-11/h6-7,9-10,14H,4-5,8H2,1-3H3,(H2,19,20,21)/t10-,14+/m1/s1. The maximum absolute atomic E-state index is 13.6. The number of anilines is 1. The number of carbonyl (C=O) groups excluding carboxylic acids is 1. The van der Waals surface area contributed by atoms with E-state index in [4.69, 9.17) is 4.74 Å². The van der Waals surface area contributed by atoms with Crippen LogP contribution >= 0.6 is 0 Å². The molecule has 1 heterocycles. The highest BCUT2D eigenvalue weighted by atomic mass is 19.1. The van der Waals surface area contributed by atoms with Crippen molar-refractivity contribution < 1.29 is 23.0 Å². The van der Waals surface area contributed by atoms with Crippen LogP contribution in [0.4, 0.5) is 19.3 Å². The van der Waals surface area contributed by atoms with E-state index in [1.807, 2.05) is 0 Å². The molecule has 0 unspecified atom stereocenters. The summed E-state index contributed by atoms with van der Waals surface area (Å²) >= 11 is 0. The number of benzene rings is 1. The fourth-order valence-electron chi connectivity index (χ4n) is 2.84. The van der Waals surface area contributed by atoms with E-state index in [2.05, 4.69) is 29.2 Å². The third kappa shape index (κ3) is 4.31. The SMILES string of the molecule is COc1c(F)cc(NC(=O)NC[C@H]2CCO[C@H]2C(C)C)cc1F. The average Bonchev–Trinajstić information content (AvgIpc) is 2.93. The molecule has 1 saturated heterocycles. The molecule has 5 nitrogen and oxygen atoms in total. The zero-order valence-electron chi connectivity index (χ0n) is 13.5. The smallest absolute Gasteiger partial charge is 0.319 e. The summed E-state index contributed by atoms with van der Waals surface area (Å²) in [5.41, 5.74) is 0.0291. The van der Waals surface area contributed by atoms with Gasteiger partial charge in [0.05, 0.1) is 13.2 Å². The first-order valence-corrected chi connectivity index (χ1v) is 7.61. The number of halogens is 2. The number of rotatable bonds is 5. The Labute approximate surface area is 134 Å². The lowest BCUT2D eigenvalue weighted by Gasteiger charge is -2.22. The first kappa shape index (κ1) is 17.5. The minimum Gasteiger partial charge on any atom is -0.491 e. The molecule has 1 aliphatic rings. The zero-order valence-corrected chi connectivity index (χ0v) is 13.5. The maximum atomic E-state index is 13.6.